The van der Waals surface area contributed by atoms with Crippen molar-refractivity contribution in [3.8, 4) is 11.5 Å². The first kappa shape index (κ1) is 14.8. The van der Waals surface area contributed by atoms with Gasteiger partial charge in [0.15, 0.2) is 0 Å². The van der Waals surface area contributed by atoms with Gasteiger partial charge in [0.05, 0.1) is 18.5 Å². The highest BCUT2D eigenvalue weighted by Gasteiger charge is 2.15. The highest BCUT2D eigenvalue weighted by Crippen LogP contribution is 2.15. The summed E-state index contributed by atoms with van der Waals surface area (Å²) in [7, 11) is 0. The van der Waals surface area contributed by atoms with Crippen LogP contribution in [0.4, 0.5) is 0 Å². The van der Waals surface area contributed by atoms with E-state index in [2.05, 4.69) is 15.4 Å². The second-order valence-electron chi connectivity index (χ2n) is 5.19. The van der Waals surface area contributed by atoms with E-state index in [1.807, 2.05) is 19.2 Å². The van der Waals surface area contributed by atoms with Crippen LogP contribution in [0.1, 0.15) is 17.3 Å². The Labute approximate surface area is 131 Å². The van der Waals surface area contributed by atoms with Crippen LogP contribution in [-0.2, 0) is 6.54 Å². The van der Waals surface area contributed by atoms with E-state index in [-0.39, 0.29) is 11.6 Å². The second kappa shape index (κ2) is 6.35. The van der Waals surface area contributed by atoms with E-state index >= 15 is 0 Å². The fourth-order valence-electron chi connectivity index (χ4n) is 2.26. The van der Waals surface area contributed by atoms with E-state index in [4.69, 9.17) is 4.42 Å². The van der Waals surface area contributed by atoms with Crippen LogP contribution in [0, 0.1) is 0 Å². The Morgan fingerprint density at radius 2 is 2.26 bits per heavy atom. The van der Waals surface area contributed by atoms with Gasteiger partial charge in [-0.3, -0.25) is 14.3 Å². The molecule has 0 aliphatic heterocycles. The lowest BCUT2D eigenvalue weighted by Crippen LogP contribution is -2.38. The Morgan fingerprint density at radius 1 is 1.39 bits per heavy atom. The third-order valence-corrected chi connectivity index (χ3v) is 3.34. The largest absolute Gasteiger partial charge is 0.463 e. The van der Waals surface area contributed by atoms with Gasteiger partial charge in [-0.15, -0.1) is 0 Å². The monoisotopic (exact) mass is 312 g/mol. The quantitative estimate of drug-likeness (QED) is 0.749. The number of aromatic nitrogens is 3. The summed E-state index contributed by atoms with van der Waals surface area (Å²) in [4.78, 5) is 27.0. The molecule has 0 bridgehead atoms. The van der Waals surface area contributed by atoms with Crippen molar-refractivity contribution in [2.45, 2.75) is 19.5 Å². The topological polar surface area (TPSA) is 92.9 Å². The van der Waals surface area contributed by atoms with E-state index in [0.717, 1.165) is 0 Å². The van der Waals surface area contributed by atoms with E-state index in [0.29, 0.717) is 18.0 Å². The van der Waals surface area contributed by atoms with E-state index < -0.39 is 11.5 Å². The number of nitrogens with one attached hydrogen (secondary N) is 2. The molecule has 0 aromatic carbocycles. The number of furan rings is 1. The third kappa shape index (κ3) is 3.39. The smallest absolute Gasteiger partial charge is 0.261 e. The SMILES string of the molecule is CC(Cn1cccn1)NC(=O)c1ccc(-c2ccco2)[nH]c1=O. The van der Waals surface area contributed by atoms with Crippen molar-refractivity contribution >= 4 is 5.91 Å². The molecule has 3 aromatic heterocycles. The summed E-state index contributed by atoms with van der Waals surface area (Å²) in [5.74, 6) is 0.123. The van der Waals surface area contributed by atoms with Crippen molar-refractivity contribution in [2.24, 2.45) is 0 Å². The maximum Gasteiger partial charge on any atom is 0.261 e. The Hall–Kier alpha value is -3.09. The number of carbonyl (C=O) groups excluding carboxylic acids is 1. The van der Waals surface area contributed by atoms with E-state index in [9.17, 15) is 9.59 Å². The minimum absolute atomic E-state index is 0.0626. The average molecular weight is 312 g/mol. The zero-order valence-electron chi connectivity index (χ0n) is 12.5. The number of hydrogen-bond acceptors (Lipinski definition) is 4. The predicted molar refractivity (Wildman–Crippen MR) is 83.9 cm³/mol. The summed E-state index contributed by atoms with van der Waals surface area (Å²) in [5.41, 5.74) is 0.136. The third-order valence-electron chi connectivity index (χ3n) is 3.34. The molecule has 118 valence electrons. The fraction of sp³-hybridized carbons (Fsp3) is 0.188. The minimum atomic E-state index is -0.456. The van der Waals surface area contributed by atoms with Gasteiger partial charge < -0.3 is 14.7 Å². The lowest BCUT2D eigenvalue weighted by Gasteiger charge is -2.13. The number of aromatic amines is 1. The molecule has 1 unspecified atom stereocenters. The summed E-state index contributed by atoms with van der Waals surface area (Å²) < 4.78 is 6.94. The minimum Gasteiger partial charge on any atom is -0.463 e. The maximum absolute atomic E-state index is 12.2. The highest BCUT2D eigenvalue weighted by atomic mass is 16.3. The molecular formula is C16H16N4O3. The normalized spacial score (nSPS) is 12.0. The Kier molecular flexibility index (Phi) is 4.09. The van der Waals surface area contributed by atoms with Crippen LogP contribution in [0.5, 0.6) is 0 Å². The molecule has 3 rings (SSSR count). The van der Waals surface area contributed by atoms with Crippen molar-refractivity contribution in [3.05, 3.63) is 64.9 Å². The summed E-state index contributed by atoms with van der Waals surface area (Å²) in [6.45, 7) is 2.38. The number of amides is 1. The maximum atomic E-state index is 12.2. The van der Waals surface area contributed by atoms with Gasteiger partial charge in [0.25, 0.3) is 11.5 Å². The molecule has 0 saturated heterocycles. The number of carbonyl (C=O) groups is 1. The van der Waals surface area contributed by atoms with Crippen molar-refractivity contribution in [3.63, 3.8) is 0 Å². The number of H-pyrrole nitrogens is 1. The molecule has 3 aromatic rings. The van der Waals surface area contributed by atoms with Gasteiger partial charge in [-0.1, -0.05) is 0 Å². The van der Waals surface area contributed by atoms with E-state index in [1.54, 1.807) is 29.1 Å². The zero-order chi connectivity index (χ0) is 16.2. The first-order chi connectivity index (χ1) is 11.1. The first-order valence-electron chi connectivity index (χ1n) is 7.19. The van der Waals surface area contributed by atoms with Gasteiger partial charge in [-0.05, 0) is 37.3 Å². The van der Waals surface area contributed by atoms with Crippen molar-refractivity contribution in [1.29, 1.82) is 0 Å². The summed E-state index contributed by atoms with van der Waals surface area (Å²) >= 11 is 0. The molecule has 0 radical (unpaired) electrons. The van der Waals surface area contributed by atoms with Crippen LogP contribution in [-0.4, -0.2) is 26.7 Å². The zero-order valence-corrected chi connectivity index (χ0v) is 12.5. The molecule has 0 spiro atoms. The molecule has 0 fully saturated rings. The molecule has 0 saturated carbocycles. The summed E-state index contributed by atoms with van der Waals surface area (Å²) in [6, 6.07) is 8.25. The Morgan fingerprint density at radius 3 is 2.91 bits per heavy atom. The molecule has 23 heavy (non-hydrogen) atoms. The van der Waals surface area contributed by atoms with Crippen LogP contribution < -0.4 is 10.9 Å². The standard InChI is InChI=1S/C16H16N4O3/c1-11(10-20-8-3-7-17-20)18-15(21)12-5-6-13(19-16(12)22)14-4-2-9-23-14/h2-9,11H,10H2,1H3,(H,18,21)(H,19,22). The van der Waals surface area contributed by atoms with Gasteiger partial charge in [-0.25, -0.2) is 0 Å². The van der Waals surface area contributed by atoms with Crippen molar-refractivity contribution in [1.82, 2.24) is 20.1 Å². The summed E-state index contributed by atoms with van der Waals surface area (Å²) in [6.07, 6.45) is 5.01. The highest BCUT2D eigenvalue weighted by molar-refractivity contribution is 5.94. The van der Waals surface area contributed by atoms with Gasteiger partial charge in [0.1, 0.15) is 11.3 Å². The van der Waals surface area contributed by atoms with Gasteiger partial charge >= 0.3 is 0 Å². The molecule has 0 aliphatic carbocycles. The van der Waals surface area contributed by atoms with E-state index in [1.165, 1.54) is 12.3 Å². The molecule has 1 amide bonds. The molecule has 1 atom stereocenters. The van der Waals surface area contributed by atoms with Gasteiger partial charge in [0, 0.05) is 18.4 Å². The first-order valence-corrected chi connectivity index (χ1v) is 7.19. The molecular weight excluding hydrogens is 296 g/mol. The van der Waals surface area contributed by atoms with Crippen LogP contribution in [0.2, 0.25) is 0 Å². The van der Waals surface area contributed by atoms with Crippen LogP contribution in [0.3, 0.4) is 0 Å². The Balaban J connectivity index is 1.71. The average Bonchev–Trinajstić information content (AvgIpc) is 3.19. The number of pyridine rings is 1. The van der Waals surface area contributed by atoms with Crippen LogP contribution >= 0.6 is 0 Å². The second-order valence-corrected chi connectivity index (χ2v) is 5.19. The predicted octanol–water partition coefficient (Wildman–Crippen LogP) is 1.65. The van der Waals surface area contributed by atoms with Crippen molar-refractivity contribution < 1.29 is 9.21 Å². The molecule has 7 nitrogen and oxygen atoms in total. The van der Waals surface area contributed by atoms with Crippen LogP contribution in [0.25, 0.3) is 11.5 Å². The molecule has 2 N–H and O–H groups in total. The van der Waals surface area contributed by atoms with Crippen molar-refractivity contribution in [2.75, 3.05) is 0 Å². The molecule has 0 aliphatic rings. The summed E-state index contributed by atoms with van der Waals surface area (Å²) in [5, 5.41) is 6.87. The van der Waals surface area contributed by atoms with Crippen LogP contribution in [0.15, 0.2) is 58.2 Å². The fourth-order valence-corrected chi connectivity index (χ4v) is 2.26. The number of nitrogens with zero attached hydrogens (tertiary/aromatic N) is 2. The molecule has 3 heterocycles. The Bertz CT molecular complexity index is 835. The number of rotatable bonds is 5. The van der Waals surface area contributed by atoms with Gasteiger partial charge in [-0.2, -0.15) is 5.10 Å². The lowest BCUT2D eigenvalue weighted by atomic mass is 10.2. The molecule has 7 heteroatoms. The van der Waals surface area contributed by atoms with Gasteiger partial charge in [0.2, 0.25) is 0 Å². The lowest BCUT2D eigenvalue weighted by molar-refractivity contribution is 0.0934. The number of hydrogen-bond donors (Lipinski definition) is 2.